The van der Waals surface area contributed by atoms with Gasteiger partial charge in [0.2, 0.25) is 5.91 Å². The minimum Gasteiger partial charge on any atom is -0.550 e. The Morgan fingerprint density at radius 3 is 2.14 bits per heavy atom. The van der Waals surface area contributed by atoms with Crippen LogP contribution in [0.15, 0.2) is 12.2 Å². The molecule has 0 radical (unpaired) electrons. The number of rotatable bonds is 13. The molecule has 0 rings (SSSR count). The molecular formula is C17H32N2O3. The lowest BCUT2D eigenvalue weighted by atomic mass is 10.1. The van der Waals surface area contributed by atoms with E-state index in [2.05, 4.69) is 26.0 Å². The fourth-order valence-corrected chi connectivity index (χ4v) is 2.31. The Labute approximate surface area is 135 Å². The molecule has 1 amide bonds. The topological polar surface area (TPSA) is 69.2 Å². The third-order valence-electron chi connectivity index (χ3n) is 3.76. The molecule has 0 aromatic carbocycles. The van der Waals surface area contributed by atoms with Gasteiger partial charge in [-0.05, 0) is 32.6 Å². The maximum atomic E-state index is 11.4. The zero-order valence-corrected chi connectivity index (χ0v) is 14.5. The van der Waals surface area contributed by atoms with E-state index in [4.69, 9.17) is 0 Å². The van der Waals surface area contributed by atoms with Crippen LogP contribution in [-0.4, -0.2) is 50.1 Å². The second-order valence-corrected chi connectivity index (χ2v) is 6.66. The number of nitrogens with zero attached hydrogens (tertiary/aromatic N) is 1. The molecule has 0 heterocycles. The van der Waals surface area contributed by atoms with Gasteiger partial charge in [0.15, 0.2) is 0 Å². The van der Waals surface area contributed by atoms with Gasteiger partial charge in [-0.25, -0.2) is 0 Å². The molecule has 0 bridgehead atoms. The van der Waals surface area contributed by atoms with E-state index in [0.717, 1.165) is 56.1 Å². The number of hydrogen-bond donors (Lipinski definition) is 1. The highest BCUT2D eigenvalue weighted by molar-refractivity contribution is 5.91. The van der Waals surface area contributed by atoms with Crippen LogP contribution in [-0.2, 0) is 9.59 Å². The normalized spacial score (nSPS) is 11.2. The molecule has 0 aromatic heterocycles. The maximum absolute atomic E-state index is 11.4. The van der Waals surface area contributed by atoms with Crippen LogP contribution < -0.4 is 10.4 Å². The van der Waals surface area contributed by atoms with Crippen molar-refractivity contribution < 1.29 is 19.2 Å². The summed E-state index contributed by atoms with van der Waals surface area (Å²) in [4.78, 5) is 21.6. The number of carbonyl (C=O) groups is 2. The van der Waals surface area contributed by atoms with Gasteiger partial charge < -0.3 is 19.7 Å². The van der Waals surface area contributed by atoms with Gasteiger partial charge in [0.1, 0.15) is 0 Å². The van der Waals surface area contributed by atoms with Crippen molar-refractivity contribution in [1.82, 2.24) is 5.32 Å². The number of carboxylic acid groups (broad SMARTS) is 1. The number of carbonyl (C=O) groups excluding carboxylic acids is 2. The first-order chi connectivity index (χ1) is 10.2. The van der Waals surface area contributed by atoms with Crippen molar-refractivity contribution in [3.05, 3.63) is 12.2 Å². The van der Waals surface area contributed by atoms with E-state index in [0.29, 0.717) is 12.1 Å². The largest absolute Gasteiger partial charge is 0.550 e. The molecule has 0 spiro atoms. The highest BCUT2D eigenvalue weighted by Crippen LogP contribution is 2.08. The lowest BCUT2D eigenvalue weighted by molar-refractivity contribution is -0.890. The SMILES string of the molecule is C=C(C)C(=O)NCCC[N+](C)(C)CCCCCCCC(=O)[O-]. The first kappa shape index (κ1) is 20.6. The Hall–Kier alpha value is -1.36. The summed E-state index contributed by atoms with van der Waals surface area (Å²) in [5.41, 5.74) is 0.549. The van der Waals surface area contributed by atoms with Gasteiger partial charge in [0, 0.05) is 24.5 Å². The molecular weight excluding hydrogens is 280 g/mol. The van der Waals surface area contributed by atoms with Crippen molar-refractivity contribution in [2.45, 2.75) is 51.9 Å². The Bertz CT molecular complexity index is 365. The Morgan fingerprint density at radius 1 is 1.00 bits per heavy atom. The number of carboxylic acids is 1. The summed E-state index contributed by atoms with van der Waals surface area (Å²) in [5.74, 6) is -1.02. The molecule has 5 nitrogen and oxygen atoms in total. The monoisotopic (exact) mass is 312 g/mol. The number of amides is 1. The molecule has 0 aromatic rings. The van der Waals surface area contributed by atoms with Crippen molar-refractivity contribution in [1.29, 1.82) is 0 Å². The van der Waals surface area contributed by atoms with E-state index < -0.39 is 5.97 Å². The summed E-state index contributed by atoms with van der Waals surface area (Å²) in [6.07, 6.45) is 6.20. The number of unbranched alkanes of at least 4 members (excludes halogenated alkanes) is 4. The van der Waals surface area contributed by atoms with E-state index >= 15 is 0 Å². The molecule has 0 unspecified atom stereocenters. The lowest BCUT2D eigenvalue weighted by Crippen LogP contribution is -2.42. The first-order valence-electron chi connectivity index (χ1n) is 8.20. The minimum absolute atomic E-state index is 0.0677. The Morgan fingerprint density at radius 2 is 1.55 bits per heavy atom. The van der Waals surface area contributed by atoms with Gasteiger partial charge in [-0.2, -0.15) is 0 Å². The van der Waals surface area contributed by atoms with Crippen molar-refractivity contribution in [2.24, 2.45) is 0 Å². The van der Waals surface area contributed by atoms with Gasteiger partial charge in [-0.15, -0.1) is 0 Å². The number of hydrogen-bond acceptors (Lipinski definition) is 3. The van der Waals surface area contributed by atoms with Crippen molar-refractivity contribution in [3.8, 4) is 0 Å². The molecule has 0 aliphatic rings. The summed E-state index contributed by atoms with van der Waals surface area (Å²) in [7, 11) is 4.41. The van der Waals surface area contributed by atoms with Crippen molar-refractivity contribution >= 4 is 11.9 Å². The second kappa shape index (κ2) is 11.2. The molecule has 22 heavy (non-hydrogen) atoms. The molecule has 1 N–H and O–H groups in total. The van der Waals surface area contributed by atoms with E-state index in [-0.39, 0.29) is 12.3 Å². The van der Waals surface area contributed by atoms with E-state index in [9.17, 15) is 14.7 Å². The number of quaternary nitrogens is 1. The zero-order chi connectivity index (χ0) is 17.0. The zero-order valence-electron chi connectivity index (χ0n) is 14.5. The minimum atomic E-state index is -0.948. The number of nitrogens with one attached hydrogen (secondary N) is 1. The fourth-order valence-electron chi connectivity index (χ4n) is 2.31. The molecule has 0 atom stereocenters. The highest BCUT2D eigenvalue weighted by atomic mass is 16.4. The Balaban J connectivity index is 3.58. The quantitative estimate of drug-likeness (QED) is 0.316. The summed E-state index contributed by atoms with van der Waals surface area (Å²) in [6, 6.07) is 0. The third-order valence-corrected chi connectivity index (χ3v) is 3.76. The average Bonchev–Trinajstić information content (AvgIpc) is 2.41. The fraction of sp³-hybridized carbons (Fsp3) is 0.765. The maximum Gasteiger partial charge on any atom is 0.246 e. The first-order valence-corrected chi connectivity index (χ1v) is 8.20. The summed E-state index contributed by atoms with van der Waals surface area (Å²) in [5, 5.41) is 13.1. The molecule has 0 aliphatic heterocycles. The van der Waals surface area contributed by atoms with Crippen LogP contribution in [0.25, 0.3) is 0 Å². The molecule has 5 heteroatoms. The standard InChI is InChI=1S/C17H32N2O3/c1-15(2)17(22)18-12-10-14-19(3,4)13-9-7-5-6-8-11-16(20)21/h1,5-14H2,2-4H3,(H-,18,20,21,22). The van der Waals surface area contributed by atoms with Crippen LogP contribution in [0.1, 0.15) is 51.9 Å². The van der Waals surface area contributed by atoms with Gasteiger partial charge in [-0.1, -0.05) is 19.4 Å². The predicted octanol–water partition coefficient (Wildman–Crippen LogP) is 1.24. The van der Waals surface area contributed by atoms with Gasteiger partial charge >= 0.3 is 0 Å². The summed E-state index contributed by atoms with van der Waals surface area (Å²) >= 11 is 0. The molecule has 0 aliphatic carbocycles. The van der Waals surface area contributed by atoms with Crippen molar-refractivity contribution in [2.75, 3.05) is 33.7 Å². The third kappa shape index (κ3) is 12.4. The van der Waals surface area contributed by atoms with Crippen LogP contribution in [0.3, 0.4) is 0 Å². The van der Waals surface area contributed by atoms with Crippen LogP contribution in [0.2, 0.25) is 0 Å². The van der Waals surface area contributed by atoms with Crippen LogP contribution >= 0.6 is 0 Å². The average molecular weight is 312 g/mol. The smallest absolute Gasteiger partial charge is 0.246 e. The summed E-state index contributed by atoms with van der Waals surface area (Å²) in [6.45, 7) is 8.15. The van der Waals surface area contributed by atoms with Gasteiger partial charge in [-0.3, -0.25) is 4.79 Å². The second-order valence-electron chi connectivity index (χ2n) is 6.66. The lowest BCUT2D eigenvalue weighted by Gasteiger charge is -2.30. The highest BCUT2D eigenvalue weighted by Gasteiger charge is 2.14. The number of aliphatic carboxylic acids is 1. The summed E-state index contributed by atoms with van der Waals surface area (Å²) < 4.78 is 0.946. The van der Waals surface area contributed by atoms with Crippen LogP contribution in [0.5, 0.6) is 0 Å². The van der Waals surface area contributed by atoms with E-state index in [1.165, 1.54) is 0 Å². The predicted molar refractivity (Wildman–Crippen MR) is 87.0 cm³/mol. The molecule has 0 saturated heterocycles. The van der Waals surface area contributed by atoms with E-state index in [1.807, 2.05) is 0 Å². The molecule has 128 valence electrons. The van der Waals surface area contributed by atoms with Crippen LogP contribution in [0, 0.1) is 0 Å². The van der Waals surface area contributed by atoms with Crippen LogP contribution in [0.4, 0.5) is 0 Å². The van der Waals surface area contributed by atoms with Gasteiger partial charge in [0.25, 0.3) is 0 Å². The van der Waals surface area contributed by atoms with E-state index in [1.54, 1.807) is 6.92 Å². The molecule has 0 saturated carbocycles. The van der Waals surface area contributed by atoms with Crippen molar-refractivity contribution in [3.63, 3.8) is 0 Å². The Kier molecular flexibility index (Phi) is 10.5. The van der Waals surface area contributed by atoms with Gasteiger partial charge in [0.05, 0.1) is 27.2 Å². The molecule has 0 fully saturated rings.